The lowest BCUT2D eigenvalue weighted by molar-refractivity contribution is 0.00766. The second-order valence-electron chi connectivity index (χ2n) is 8.06. The number of anilines is 2. The Morgan fingerprint density at radius 3 is 2.55 bits per heavy atom. The van der Waals surface area contributed by atoms with Crippen molar-refractivity contribution in [3.63, 3.8) is 0 Å². The zero-order valence-corrected chi connectivity index (χ0v) is 18.8. The third kappa shape index (κ3) is 4.99. The average molecular weight is 465 g/mol. The fraction of sp³-hybridized carbons (Fsp3) is 0.318. The van der Waals surface area contributed by atoms with E-state index in [1.807, 2.05) is 6.07 Å². The summed E-state index contributed by atoms with van der Waals surface area (Å²) in [5.74, 6) is -1.20. The number of hydrogen-bond acceptors (Lipinski definition) is 6. The van der Waals surface area contributed by atoms with Crippen LogP contribution in [0.5, 0.6) is 0 Å². The minimum Gasteiger partial charge on any atom is -0.381 e. The first-order chi connectivity index (χ1) is 14.8. The first-order valence-electron chi connectivity index (χ1n) is 9.89. The van der Waals surface area contributed by atoms with E-state index in [0.29, 0.717) is 17.9 Å². The van der Waals surface area contributed by atoms with Gasteiger partial charge in [0.25, 0.3) is 0 Å². The predicted octanol–water partition coefficient (Wildman–Crippen LogP) is 6.28. The van der Waals surface area contributed by atoms with E-state index in [2.05, 4.69) is 33.8 Å². The monoisotopic (exact) mass is 464 g/mol. The molecule has 0 unspecified atom stereocenters. The number of halogens is 3. The van der Waals surface area contributed by atoms with Crippen LogP contribution in [0.2, 0.25) is 0 Å². The molecule has 4 nitrogen and oxygen atoms in total. The van der Waals surface area contributed by atoms with Gasteiger partial charge in [0, 0.05) is 41.8 Å². The maximum Gasteiger partial charge on any atom is 0.147 e. The van der Waals surface area contributed by atoms with Gasteiger partial charge < -0.3 is 10.0 Å². The van der Waals surface area contributed by atoms with E-state index in [-0.39, 0.29) is 28.5 Å². The lowest BCUT2D eigenvalue weighted by Crippen LogP contribution is -2.55. The SMILES string of the molecule is CC1(C)CCN1Cc1cccc(F)c1CNc1cc(F)c(SNc2cscn2)c(F)c1. The van der Waals surface area contributed by atoms with E-state index in [9.17, 15) is 13.2 Å². The third-order valence-corrected chi connectivity index (χ3v) is 7.08. The van der Waals surface area contributed by atoms with Gasteiger partial charge in [0.1, 0.15) is 28.2 Å². The summed E-state index contributed by atoms with van der Waals surface area (Å²) >= 11 is 2.21. The first kappa shape index (κ1) is 22.0. The zero-order valence-electron chi connectivity index (χ0n) is 17.2. The third-order valence-electron chi connectivity index (χ3n) is 5.58. The second kappa shape index (κ2) is 9.10. The maximum atomic E-state index is 14.6. The van der Waals surface area contributed by atoms with Gasteiger partial charge in [-0.05, 0) is 56.0 Å². The van der Waals surface area contributed by atoms with Crippen LogP contribution in [0.25, 0.3) is 0 Å². The maximum absolute atomic E-state index is 14.6. The highest BCUT2D eigenvalue weighted by Crippen LogP contribution is 2.33. The summed E-state index contributed by atoms with van der Waals surface area (Å²) < 4.78 is 46.4. The molecular weight excluding hydrogens is 441 g/mol. The van der Waals surface area contributed by atoms with Crippen LogP contribution in [-0.2, 0) is 13.1 Å². The Labute approximate surface area is 188 Å². The molecule has 0 saturated carbocycles. The molecule has 3 aromatic rings. The first-order valence-corrected chi connectivity index (χ1v) is 11.6. The van der Waals surface area contributed by atoms with Gasteiger partial charge in [-0.2, -0.15) is 0 Å². The number of nitrogens with one attached hydrogen (secondary N) is 2. The molecule has 0 atom stereocenters. The molecule has 0 amide bonds. The van der Waals surface area contributed by atoms with Crippen LogP contribution < -0.4 is 10.0 Å². The summed E-state index contributed by atoms with van der Waals surface area (Å²) in [6.07, 6.45) is 1.11. The van der Waals surface area contributed by atoms with E-state index in [4.69, 9.17) is 0 Å². The Bertz CT molecular complexity index is 1030. The van der Waals surface area contributed by atoms with Crippen LogP contribution in [0.15, 0.2) is 46.1 Å². The molecule has 1 aromatic heterocycles. The molecule has 1 aliphatic rings. The molecule has 0 bridgehead atoms. The van der Waals surface area contributed by atoms with Crippen LogP contribution in [0.3, 0.4) is 0 Å². The van der Waals surface area contributed by atoms with E-state index in [1.165, 1.54) is 29.5 Å². The van der Waals surface area contributed by atoms with Crippen molar-refractivity contribution in [2.45, 2.75) is 43.8 Å². The Morgan fingerprint density at radius 2 is 1.94 bits per heavy atom. The Hall–Kier alpha value is -2.23. The lowest BCUT2D eigenvalue weighted by Gasteiger charge is -2.48. The quantitative estimate of drug-likeness (QED) is 0.384. The number of benzene rings is 2. The number of rotatable bonds is 8. The highest BCUT2D eigenvalue weighted by atomic mass is 32.2. The smallest absolute Gasteiger partial charge is 0.147 e. The van der Waals surface area contributed by atoms with Gasteiger partial charge in [0.05, 0.1) is 5.51 Å². The summed E-state index contributed by atoms with van der Waals surface area (Å²) in [7, 11) is 0. The number of nitrogens with zero attached hydrogens (tertiary/aromatic N) is 2. The number of thiazole rings is 1. The molecule has 164 valence electrons. The van der Waals surface area contributed by atoms with Gasteiger partial charge in [-0.15, -0.1) is 11.3 Å². The van der Waals surface area contributed by atoms with Gasteiger partial charge in [-0.3, -0.25) is 4.90 Å². The molecule has 31 heavy (non-hydrogen) atoms. The van der Waals surface area contributed by atoms with Crippen molar-refractivity contribution in [1.29, 1.82) is 0 Å². The van der Waals surface area contributed by atoms with Crippen LogP contribution in [0.4, 0.5) is 24.7 Å². The molecule has 2 N–H and O–H groups in total. The highest BCUT2D eigenvalue weighted by molar-refractivity contribution is 8.00. The molecule has 4 rings (SSSR count). The topological polar surface area (TPSA) is 40.2 Å². The fourth-order valence-corrected chi connectivity index (χ4v) is 4.67. The molecule has 0 radical (unpaired) electrons. The molecule has 9 heteroatoms. The van der Waals surface area contributed by atoms with Crippen molar-refractivity contribution in [1.82, 2.24) is 9.88 Å². The van der Waals surface area contributed by atoms with Crippen molar-refractivity contribution < 1.29 is 13.2 Å². The van der Waals surface area contributed by atoms with Crippen molar-refractivity contribution in [2.75, 3.05) is 16.6 Å². The number of likely N-dealkylation sites (tertiary alicyclic amines) is 1. The predicted molar refractivity (Wildman–Crippen MR) is 121 cm³/mol. The summed E-state index contributed by atoms with van der Waals surface area (Å²) in [6.45, 7) is 6.09. The van der Waals surface area contributed by atoms with Crippen molar-refractivity contribution >= 4 is 34.8 Å². The minimum absolute atomic E-state index is 0.101. The van der Waals surface area contributed by atoms with Crippen LogP contribution in [0.1, 0.15) is 31.4 Å². The molecule has 1 saturated heterocycles. The largest absolute Gasteiger partial charge is 0.381 e. The highest BCUT2D eigenvalue weighted by Gasteiger charge is 2.35. The van der Waals surface area contributed by atoms with Gasteiger partial charge in [-0.25, -0.2) is 18.2 Å². The van der Waals surface area contributed by atoms with Crippen molar-refractivity contribution in [3.8, 4) is 0 Å². The van der Waals surface area contributed by atoms with Crippen LogP contribution >= 0.6 is 23.3 Å². The van der Waals surface area contributed by atoms with E-state index in [1.54, 1.807) is 17.0 Å². The Balaban J connectivity index is 1.45. The minimum atomic E-state index is -0.702. The summed E-state index contributed by atoms with van der Waals surface area (Å²) in [5, 5.41) is 4.71. The summed E-state index contributed by atoms with van der Waals surface area (Å²) in [6, 6.07) is 7.44. The molecule has 0 aliphatic carbocycles. The number of aromatic nitrogens is 1. The van der Waals surface area contributed by atoms with E-state index in [0.717, 1.165) is 30.5 Å². The van der Waals surface area contributed by atoms with E-state index >= 15 is 0 Å². The number of hydrogen-bond donors (Lipinski definition) is 2. The zero-order chi connectivity index (χ0) is 22.0. The standard InChI is InChI=1S/C22H23F3N4S2/c1-22(2)6-7-29(22)11-14-4-3-5-17(23)16(14)10-26-15-8-18(24)21(19(25)9-15)31-28-20-12-30-13-27-20/h3-5,8-9,12-13,26,28H,6-7,10-11H2,1-2H3. The summed E-state index contributed by atoms with van der Waals surface area (Å²) in [4.78, 5) is 6.17. The van der Waals surface area contributed by atoms with Gasteiger partial charge in [-0.1, -0.05) is 12.1 Å². The summed E-state index contributed by atoms with van der Waals surface area (Å²) in [5.41, 5.74) is 3.37. The van der Waals surface area contributed by atoms with Gasteiger partial charge >= 0.3 is 0 Å². The molecule has 2 heterocycles. The Morgan fingerprint density at radius 1 is 1.16 bits per heavy atom. The van der Waals surface area contributed by atoms with Crippen molar-refractivity contribution in [2.24, 2.45) is 0 Å². The second-order valence-corrected chi connectivity index (χ2v) is 9.60. The van der Waals surface area contributed by atoms with Crippen LogP contribution in [0, 0.1) is 17.5 Å². The Kier molecular flexibility index (Phi) is 6.45. The average Bonchev–Trinajstić information content (AvgIpc) is 3.23. The molecule has 1 aliphatic heterocycles. The molecule has 2 aromatic carbocycles. The van der Waals surface area contributed by atoms with Crippen molar-refractivity contribution in [3.05, 3.63) is 69.8 Å². The fourth-order valence-electron chi connectivity index (χ4n) is 3.48. The van der Waals surface area contributed by atoms with Gasteiger partial charge in [0.2, 0.25) is 0 Å². The lowest BCUT2D eigenvalue weighted by atomic mass is 9.88. The molecule has 1 fully saturated rings. The van der Waals surface area contributed by atoms with E-state index < -0.39 is 11.6 Å². The normalized spacial score (nSPS) is 15.5. The molecular formula is C22H23F3N4S2. The van der Waals surface area contributed by atoms with Crippen LogP contribution in [-0.4, -0.2) is 22.0 Å². The molecule has 0 spiro atoms. The van der Waals surface area contributed by atoms with Gasteiger partial charge in [0.15, 0.2) is 0 Å².